The molecule has 0 aliphatic heterocycles. The molecule has 0 fully saturated rings. The van der Waals surface area contributed by atoms with Crippen molar-refractivity contribution in [3.63, 3.8) is 0 Å². The van der Waals surface area contributed by atoms with E-state index in [1.165, 1.54) is 6.07 Å². The largest absolute Gasteiger partial charge is 0.477 e. The van der Waals surface area contributed by atoms with Gasteiger partial charge in [-0.15, -0.1) is 11.3 Å². The van der Waals surface area contributed by atoms with Gasteiger partial charge in [-0.25, -0.2) is 13.2 Å². The van der Waals surface area contributed by atoms with Gasteiger partial charge in [-0.3, -0.25) is 4.72 Å². The van der Waals surface area contributed by atoms with E-state index in [4.69, 9.17) is 9.63 Å². The lowest BCUT2D eigenvalue weighted by atomic mass is 10.3. The summed E-state index contributed by atoms with van der Waals surface area (Å²) in [4.78, 5) is 11.0. The highest BCUT2D eigenvalue weighted by molar-refractivity contribution is 7.94. The van der Waals surface area contributed by atoms with E-state index < -0.39 is 16.0 Å². The molecule has 0 amide bonds. The van der Waals surface area contributed by atoms with Crippen molar-refractivity contribution in [1.29, 1.82) is 0 Å². The maximum atomic E-state index is 12.2. The highest BCUT2D eigenvalue weighted by atomic mass is 32.2. The molecule has 108 valence electrons. The molecule has 9 heteroatoms. The molecule has 0 atom stereocenters. The van der Waals surface area contributed by atoms with Crippen molar-refractivity contribution in [1.82, 2.24) is 5.16 Å². The van der Waals surface area contributed by atoms with Crippen molar-refractivity contribution in [3.8, 4) is 0 Å². The zero-order valence-corrected chi connectivity index (χ0v) is 12.6. The predicted octanol–water partition coefficient (Wildman–Crippen LogP) is 2.16. The molecule has 0 spiro atoms. The quantitative estimate of drug-likeness (QED) is 0.894. The zero-order valence-electron chi connectivity index (χ0n) is 10.9. The molecule has 2 rings (SSSR count). The summed E-state index contributed by atoms with van der Waals surface area (Å²) >= 11 is 0.707. The molecule has 2 aromatic heterocycles. The summed E-state index contributed by atoms with van der Waals surface area (Å²) in [6.45, 7) is 4.74. The van der Waals surface area contributed by atoms with Gasteiger partial charge in [0.25, 0.3) is 10.0 Å². The minimum Gasteiger partial charge on any atom is -0.477 e. The second-order valence-corrected chi connectivity index (χ2v) is 7.15. The first-order valence-electron chi connectivity index (χ1n) is 5.52. The fraction of sp³-hybridized carbons (Fsp3) is 0.273. The first-order chi connectivity index (χ1) is 9.22. The van der Waals surface area contributed by atoms with Crippen LogP contribution >= 0.6 is 11.3 Å². The second-order valence-electron chi connectivity index (χ2n) is 4.19. The fourth-order valence-corrected chi connectivity index (χ4v) is 4.16. The first-order valence-corrected chi connectivity index (χ1v) is 7.81. The monoisotopic (exact) mass is 316 g/mol. The van der Waals surface area contributed by atoms with Crippen molar-refractivity contribution in [2.75, 3.05) is 4.72 Å². The number of aryl methyl sites for hydroxylation is 3. The van der Waals surface area contributed by atoms with Crippen LogP contribution in [0.5, 0.6) is 0 Å². The number of anilines is 1. The lowest BCUT2D eigenvalue weighted by molar-refractivity contribution is 0.0701. The summed E-state index contributed by atoms with van der Waals surface area (Å²) in [6, 6.07) is 1.33. The van der Waals surface area contributed by atoms with Gasteiger partial charge in [0.1, 0.15) is 20.5 Å². The third kappa shape index (κ3) is 2.54. The summed E-state index contributed by atoms with van der Waals surface area (Å²) in [5, 5.41) is 12.6. The van der Waals surface area contributed by atoms with Gasteiger partial charge in [0.05, 0.1) is 0 Å². The molecule has 20 heavy (non-hydrogen) atoms. The minimum atomic E-state index is -3.86. The topological polar surface area (TPSA) is 110 Å². The van der Waals surface area contributed by atoms with Gasteiger partial charge >= 0.3 is 5.97 Å². The van der Waals surface area contributed by atoms with E-state index in [1.54, 1.807) is 20.8 Å². The van der Waals surface area contributed by atoms with Gasteiger partial charge < -0.3 is 9.63 Å². The number of aromatic nitrogens is 1. The number of aromatic carboxylic acids is 1. The Morgan fingerprint density at radius 3 is 2.50 bits per heavy atom. The maximum absolute atomic E-state index is 12.2. The van der Waals surface area contributed by atoms with E-state index >= 15 is 0 Å². The van der Waals surface area contributed by atoms with Crippen molar-refractivity contribution in [2.45, 2.75) is 25.0 Å². The molecular formula is C11H12N2O5S2. The van der Waals surface area contributed by atoms with Crippen LogP contribution in [0.15, 0.2) is 14.8 Å². The molecule has 0 saturated carbocycles. The van der Waals surface area contributed by atoms with Crippen LogP contribution < -0.4 is 4.72 Å². The average Bonchev–Trinajstić information content (AvgIpc) is 2.87. The highest BCUT2D eigenvalue weighted by Gasteiger charge is 2.24. The smallest absolute Gasteiger partial charge is 0.346 e. The van der Waals surface area contributed by atoms with E-state index in [2.05, 4.69) is 9.88 Å². The van der Waals surface area contributed by atoms with Gasteiger partial charge in [0.2, 0.25) is 0 Å². The maximum Gasteiger partial charge on any atom is 0.346 e. The lowest BCUT2D eigenvalue weighted by Crippen LogP contribution is -2.12. The molecular weight excluding hydrogens is 304 g/mol. The fourth-order valence-electron chi connectivity index (χ4n) is 1.61. The van der Waals surface area contributed by atoms with Crippen LogP contribution in [0.25, 0.3) is 0 Å². The molecule has 0 unspecified atom stereocenters. The third-order valence-corrected chi connectivity index (χ3v) is 5.67. The Labute approximate surface area is 119 Å². The number of nitrogens with zero attached hydrogens (tertiary/aromatic N) is 1. The summed E-state index contributed by atoms with van der Waals surface area (Å²) in [5.74, 6) is -0.802. The van der Waals surface area contributed by atoms with Crippen LogP contribution in [0, 0.1) is 20.8 Å². The number of carbonyl (C=O) groups is 1. The number of hydrogen-bond donors (Lipinski definition) is 2. The summed E-state index contributed by atoms with van der Waals surface area (Å²) in [6.07, 6.45) is 0. The van der Waals surface area contributed by atoms with Crippen LogP contribution in [0.3, 0.4) is 0 Å². The second kappa shape index (κ2) is 4.91. The Morgan fingerprint density at radius 1 is 1.40 bits per heavy atom. The molecule has 2 N–H and O–H groups in total. The first kappa shape index (κ1) is 14.5. The SMILES string of the molecule is Cc1cc(S(=O)(=O)Nc2c(C)noc2C)sc1C(=O)O. The number of carboxylic acids is 1. The van der Waals surface area contributed by atoms with E-state index in [-0.39, 0.29) is 14.8 Å². The summed E-state index contributed by atoms with van der Waals surface area (Å²) < 4.78 is 31.6. The molecule has 0 aromatic carbocycles. The van der Waals surface area contributed by atoms with E-state index in [1.807, 2.05) is 0 Å². The van der Waals surface area contributed by atoms with Crippen LogP contribution in [-0.4, -0.2) is 24.7 Å². The van der Waals surface area contributed by atoms with Crippen LogP contribution in [0.1, 0.15) is 26.7 Å². The van der Waals surface area contributed by atoms with Crippen LogP contribution in [-0.2, 0) is 10.0 Å². The number of hydrogen-bond acceptors (Lipinski definition) is 6. The number of rotatable bonds is 4. The minimum absolute atomic E-state index is 0.00383. The van der Waals surface area contributed by atoms with Gasteiger partial charge in [-0.1, -0.05) is 5.16 Å². The Morgan fingerprint density at radius 2 is 2.05 bits per heavy atom. The Hall–Kier alpha value is -1.87. The van der Waals surface area contributed by atoms with Gasteiger partial charge in [0, 0.05) is 0 Å². The normalized spacial score (nSPS) is 11.6. The molecule has 2 aromatic rings. The molecule has 0 saturated heterocycles. The number of nitrogens with one attached hydrogen (secondary N) is 1. The van der Waals surface area contributed by atoms with Crippen molar-refractivity contribution in [3.05, 3.63) is 28.0 Å². The molecule has 0 aliphatic carbocycles. The highest BCUT2D eigenvalue weighted by Crippen LogP contribution is 2.29. The van der Waals surface area contributed by atoms with E-state index in [9.17, 15) is 13.2 Å². The third-order valence-electron chi connectivity index (χ3n) is 2.62. The number of sulfonamides is 1. The van der Waals surface area contributed by atoms with Crippen LogP contribution in [0.2, 0.25) is 0 Å². The Balaban J connectivity index is 2.41. The van der Waals surface area contributed by atoms with E-state index in [0.29, 0.717) is 28.4 Å². The van der Waals surface area contributed by atoms with Crippen LogP contribution in [0.4, 0.5) is 5.69 Å². The Bertz CT molecular complexity index is 753. The summed E-state index contributed by atoms with van der Waals surface area (Å²) in [7, 11) is -3.86. The molecule has 0 aliphatic rings. The molecule has 2 heterocycles. The van der Waals surface area contributed by atoms with Gasteiger partial charge in [-0.05, 0) is 32.4 Å². The zero-order chi connectivity index (χ0) is 15.1. The van der Waals surface area contributed by atoms with Crippen molar-refractivity contribution < 1.29 is 22.8 Å². The van der Waals surface area contributed by atoms with Crippen molar-refractivity contribution in [2.24, 2.45) is 0 Å². The van der Waals surface area contributed by atoms with Gasteiger partial charge in [0.15, 0.2) is 5.76 Å². The molecule has 0 bridgehead atoms. The average molecular weight is 316 g/mol. The predicted molar refractivity (Wildman–Crippen MR) is 72.8 cm³/mol. The van der Waals surface area contributed by atoms with Gasteiger partial charge in [-0.2, -0.15) is 0 Å². The number of thiophene rings is 1. The lowest BCUT2D eigenvalue weighted by Gasteiger charge is -2.04. The number of carboxylic acid groups (broad SMARTS) is 1. The molecule has 0 radical (unpaired) electrons. The molecule has 7 nitrogen and oxygen atoms in total. The standard InChI is InChI=1S/C11H12N2O5S2/c1-5-4-8(19-10(5)11(14)15)20(16,17)13-9-6(2)12-18-7(9)3/h4,13H,1-3H3,(H,14,15). The van der Waals surface area contributed by atoms with E-state index in [0.717, 1.165) is 0 Å². The Kier molecular flexibility index (Phi) is 3.57. The van der Waals surface area contributed by atoms with Crippen molar-refractivity contribution >= 4 is 33.0 Å². The summed E-state index contributed by atoms with van der Waals surface area (Å²) in [5.41, 5.74) is 1.09.